The summed E-state index contributed by atoms with van der Waals surface area (Å²) in [4.78, 5) is 0.296. The number of nitrogens with zero attached hydrogens (tertiary/aromatic N) is 1. The number of sulfonamides is 2. The summed E-state index contributed by atoms with van der Waals surface area (Å²) in [5, 5.41) is 1.12. The smallest absolute Gasteiger partial charge is 0.399 e. The van der Waals surface area contributed by atoms with Gasteiger partial charge in [0.2, 0.25) is 0 Å². The van der Waals surface area contributed by atoms with Crippen molar-refractivity contribution in [3.05, 3.63) is 176 Å². The summed E-state index contributed by atoms with van der Waals surface area (Å²) in [6, 6.07) is 38.2. The Labute approximate surface area is 431 Å². The number of nitrogen functional groups attached to an aromatic ring is 1. The van der Waals surface area contributed by atoms with E-state index in [1.165, 1.54) is 52.8 Å². The van der Waals surface area contributed by atoms with E-state index in [-0.39, 0.29) is 15.7 Å². The number of hydrogen-bond donors (Lipinski definition) is 2. The molecular formula is C47H51Br4ClF3N3O6S3. The SMILES string of the molecule is CC(C)CBr.Cc1ccccc1N.Cc1ccccc1N(CC(C)C)S(=O)(=O)c1ccc(Br)cc1.O=S(=O)(Cl)c1ccc(Br)cc1.O=S(=O)(Nc1ccccc1C(F)(F)F)c1ccc(Br)cc1. The highest BCUT2D eigenvalue weighted by Crippen LogP contribution is 2.35. The maximum absolute atomic E-state index is 13.0. The molecule has 0 saturated carbocycles. The first kappa shape index (κ1) is 59.7. The summed E-state index contributed by atoms with van der Waals surface area (Å²) in [5.41, 5.74) is 7.67. The Balaban J connectivity index is 0.000000314. The Morgan fingerprint density at radius 1 is 0.597 bits per heavy atom. The minimum atomic E-state index is -4.64. The highest BCUT2D eigenvalue weighted by Gasteiger charge is 2.34. The van der Waals surface area contributed by atoms with Gasteiger partial charge in [0, 0.05) is 41.7 Å². The predicted octanol–water partition coefficient (Wildman–Crippen LogP) is 14.9. The van der Waals surface area contributed by atoms with Gasteiger partial charge in [-0.3, -0.25) is 9.03 Å². The molecule has 0 spiro atoms. The van der Waals surface area contributed by atoms with Gasteiger partial charge in [-0.2, -0.15) is 13.2 Å². The molecule has 6 aromatic rings. The van der Waals surface area contributed by atoms with E-state index >= 15 is 0 Å². The summed E-state index contributed by atoms with van der Waals surface area (Å²) < 4.78 is 116. The van der Waals surface area contributed by atoms with Gasteiger partial charge in [0.25, 0.3) is 29.1 Å². The van der Waals surface area contributed by atoms with Gasteiger partial charge in [-0.25, -0.2) is 25.3 Å². The number of nitrogens with two attached hydrogens (primary N) is 1. The van der Waals surface area contributed by atoms with Crippen LogP contribution in [0.15, 0.2) is 174 Å². The number of para-hydroxylation sites is 3. The van der Waals surface area contributed by atoms with E-state index in [1.54, 1.807) is 36.4 Å². The molecule has 364 valence electrons. The van der Waals surface area contributed by atoms with Crippen molar-refractivity contribution >= 4 is 121 Å². The van der Waals surface area contributed by atoms with Crippen molar-refractivity contribution < 1.29 is 38.4 Å². The Bertz CT molecular complexity index is 2790. The fraction of sp³-hybridized carbons (Fsp3) is 0.234. The van der Waals surface area contributed by atoms with E-state index in [0.29, 0.717) is 15.9 Å². The summed E-state index contributed by atoms with van der Waals surface area (Å²) in [5.74, 6) is 1.03. The fourth-order valence-corrected chi connectivity index (χ4v) is 9.39. The second-order valence-corrected chi connectivity index (χ2v) is 24.6. The lowest BCUT2D eigenvalue weighted by Gasteiger charge is -2.27. The second-order valence-electron chi connectivity index (χ2n) is 15.1. The normalized spacial score (nSPS) is 11.3. The molecule has 0 bridgehead atoms. The van der Waals surface area contributed by atoms with Crippen LogP contribution in [-0.4, -0.2) is 37.1 Å². The van der Waals surface area contributed by atoms with Crippen LogP contribution in [0.4, 0.5) is 30.2 Å². The van der Waals surface area contributed by atoms with Crippen molar-refractivity contribution in [3.8, 4) is 0 Å². The number of hydrogen-bond acceptors (Lipinski definition) is 7. The largest absolute Gasteiger partial charge is 0.418 e. The van der Waals surface area contributed by atoms with Crippen LogP contribution in [-0.2, 0) is 35.3 Å². The molecule has 67 heavy (non-hydrogen) atoms. The predicted molar refractivity (Wildman–Crippen MR) is 282 cm³/mol. The molecule has 0 saturated heterocycles. The van der Waals surface area contributed by atoms with E-state index in [4.69, 9.17) is 16.4 Å². The second kappa shape index (κ2) is 27.7. The third-order valence-corrected chi connectivity index (χ3v) is 15.9. The Hall–Kier alpha value is -3.43. The van der Waals surface area contributed by atoms with Crippen LogP contribution in [0, 0.1) is 25.7 Å². The average molecular weight is 1260 g/mol. The molecular weight excluding hydrogens is 1210 g/mol. The maximum atomic E-state index is 13.0. The Morgan fingerprint density at radius 3 is 1.39 bits per heavy atom. The van der Waals surface area contributed by atoms with Crippen molar-refractivity contribution in [2.45, 2.75) is 62.4 Å². The molecule has 0 aromatic heterocycles. The van der Waals surface area contributed by atoms with Crippen LogP contribution >= 0.6 is 74.4 Å². The Kier molecular flexibility index (Phi) is 24.7. The first-order valence-corrected chi connectivity index (χ1v) is 28.7. The van der Waals surface area contributed by atoms with Gasteiger partial charge in [0.15, 0.2) is 0 Å². The number of aryl methyl sites for hydroxylation is 2. The number of alkyl halides is 4. The van der Waals surface area contributed by atoms with Gasteiger partial charge in [-0.1, -0.05) is 140 Å². The monoisotopic (exact) mass is 1260 g/mol. The third kappa shape index (κ3) is 21.0. The molecule has 0 aliphatic rings. The average Bonchev–Trinajstić information content (AvgIpc) is 3.25. The standard InChI is InChI=1S/C17H20BrNO2S.C13H9BrF3NO2S.C7H9N.C6H4BrClO2S.C4H9Br/c1-13(2)12-19(17-7-5-4-6-14(17)3)22(20,21)16-10-8-15(18)9-11-16;14-9-5-7-10(8-6-9)21(19,20)18-12-4-2-1-3-11(12)13(15,16)17;1-6-4-2-3-5-7(6)8;7-5-1-3-6(4-2-5)11(8,9)10;1-4(2)3-5/h4-11,13H,12H2,1-3H3;1-8,18H;2-5H,8H2,1H3;1-4H;4H,3H2,1-2H3. The highest BCUT2D eigenvalue weighted by molar-refractivity contribution is 9.11. The van der Waals surface area contributed by atoms with Gasteiger partial charge < -0.3 is 5.73 Å². The fourth-order valence-electron chi connectivity index (χ4n) is 5.06. The minimum absolute atomic E-state index is 0.113. The van der Waals surface area contributed by atoms with Crippen molar-refractivity contribution in [2.75, 3.05) is 26.6 Å². The summed E-state index contributed by atoms with van der Waals surface area (Å²) in [6.45, 7) is 12.8. The third-order valence-electron chi connectivity index (χ3n) is 8.51. The van der Waals surface area contributed by atoms with Crippen molar-refractivity contribution in [2.24, 2.45) is 11.8 Å². The summed E-state index contributed by atoms with van der Waals surface area (Å²) in [6.07, 6.45) is -4.64. The van der Waals surface area contributed by atoms with Crippen molar-refractivity contribution in [1.82, 2.24) is 0 Å². The first-order chi connectivity index (χ1) is 31.1. The molecule has 0 amide bonds. The number of rotatable bonds is 10. The van der Waals surface area contributed by atoms with E-state index in [9.17, 15) is 38.4 Å². The van der Waals surface area contributed by atoms with E-state index < -0.39 is 46.5 Å². The van der Waals surface area contributed by atoms with Crippen LogP contribution in [0.2, 0.25) is 0 Å². The van der Waals surface area contributed by atoms with E-state index in [1.807, 2.05) is 80.9 Å². The van der Waals surface area contributed by atoms with Gasteiger partial charge in [0.05, 0.1) is 31.6 Å². The quantitative estimate of drug-likeness (QED) is 0.0789. The molecule has 20 heteroatoms. The van der Waals surface area contributed by atoms with Crippen LogP contribution in [0.25, 0.3) is 0 Å². The van der Waals surface area contributed by atoms with Gasteiger partial charge in [-0.15, -0.1) is 0 Å². The maximum Gasteiger partial charge on any atom is 0.418 e. The lowest BCUT2D eigenvalue weighted by Crippen LogP contribution is -2.34. The summed E-state index contributed by atoms with van der Waals surface area (Å²) in [7, 11) is -6.16. The number of halogens is 8. The molecule has 3 N–H and O–H groups in total. The minimum Gasteiger partial charge on any atom is -0.399 e. The summed E-state index contributed by atoms with van der Waals surface area (Å²) >= 11 is 13.0. The molecule has 0 heterocycles. The van der Waals surface area contributed by atoms with Crippen molar-refractivity contribution in [1.29, 1.82) is 0 Å². The zero-order valence-corrected chi connectivity index (χ0v) is 46.7. The molecule has 0 fully saturated rings. The van der Waals surface area contributed by atoms with Gasteiger partial charge in [-0.05, 0) is 134 Å². The van der Waals surface area contributed by atoms with Gasteiger partial charge >= 0.3 is 6.18 Å². The van der Waals surface area contributed by atoms with E-state index in [0.717, 1.165) is 54.8 Å². The lowest BCUT2D eigenvalue weighted by atomic mass is 10.1. The molecule has 0 unspecified atom stereocenters. The van der Waals surface area contributed by atoms with Gasteiger partial charge in [0.1, 0.15) is 0 Å². The number of anilines is 3. The van der Waals surface area contributed by atoms with Crippen LogP contribution in [0.3, 0.4) is 0 Å². The molecule has 0 radical (unpaired) electrons. The highest BCUT2D eigenvalue weighted by atomic mass is 79.9. The molecule has 6 aromatic carbocycles. The number of benzene rings is 6. The molecule has 6 rings (SSSR count). The molecule has 0 aliphatic heterocycles. The van der Waals surface area contributed by atoms with Crippen LogP contribution < -0.4 is 14.8 Å². The zero-order chi connectivity index (χ0) is 50.8. The first-order valence-electron chi connectivity index (χ1n) is 20.0. The molecule has 0 atom stereocenters. The van der Waals surface area contributed by atoms with Crippen LogP contribution in [0.5, 0.6) is 0 Å². The molecule has 9 nitrogen and oxygen atoms in total. The Morgan fingerprint density at radius 2 is 1.00 bits per heavy atom. The van der Waals surface area contributed by atoms with Crippen molar-refractivity contribution in [3.63, 3.8) is 0 Å². The van der Waals surface area contributed by atoms with E-state index in [2.05, 4.69) is 77.6 Å². The topological polar surface area (TPSA) is 144 Å². The van der Waals surface area contributed by atoms with Crippen LogP contribution in [0.1, 0.15) is 44.4 Å². The molecule has 0 aliphatic carbocycles. The number of nitrogens with one attached hydrogen (secondary N) is 1. The zero-order valence-electron chi connectivity index (χ0n) is 37.1. The lowest BCUT2D eigenvalue weighted by molar-refractivity contribution is -0.136.